The fraction of sp³-hybridized carbons (Fsp3) is 0.632. The van der Waals surface area contributed by atoms with E-state index in [1.807, 2.05) is 6.07 Å². The first kappa shape index (κ1) is 17.2. The fourth-order valence-electron chi connectivity index (χ4n) is 3.92. The number of benzene rings is 1. The molecule has 0 radical (unpaired) electrons. The minimum Gasteiger partial charge on any atom is -0.394 e. The van der Waals surface area contributed by atoms with Crippen LogP contribution in [0.4, 0.5) is 4.79 Å². The maximum atomic E-state index is 12.4. The monoisotopic (exact) mass is 331 g/mol. The summed E-state index contributed by atoms with van der Waals surface area (Å²) in [5, 5.41) is 12.5. The molecular formula is C19H29N3O2. The molecule has 24 heavy (non-hydrogen) atoms. The molecule has 2 aliphatic rings. The van der Waals surface area contributed by atoms with Gasteiger partial charge in [0.15, 0.2) is 0 Å². The van der Waals surface area contributed by atoms with Crippen LogP contribution in [0.1, 0.15) is 37.7 Å². The van der Waals surface area contributed by atoms with Crippen LogP contribution in [-0.4, -0.2) is 59.3 Å². The van der Waals surface area contributed by atoms with Gasteiger partial charge in [-0.2, -0.15) is 0 Å². The maximum absolute atomic E-state index is 12.4. The van der Waals surface area contributed by atoms with E-state index in [9.17, 15) is 9.90 Å². The lowest BCUT2D eigenvalue weighted by Gasteiger charge is -2.36. The fourth-order valence-corrected chi connectivity index (χ4v) is 3.92. The number of rotatable bonds is 5. The third kappa shape index (κ3) is 4.28. The molecule has 2 heterocycles. The van der Waals surface area contributed by atoms with Crippen molar-refractivity contribution in [1.82, 2.24) is 15.1 Å². The Morgan fingerprint density at radius 3 is 2.67 bits per heavy atom. The predicted molar refractivity (Wildman–Crippen MR) is 94.7 cm³/mol. The second-order valence-corrected chi connectivity index (χ2v) is 6.96. The van der Waals surface area contributed by atoms with Crippen molar-refractivity contribution in [2.75, 3.05) is 26.2 Å². The van der Waals surface area contributed by atoms with Gasteiger partial charge in [0.25, 0.3) is 0 Å². The smallest absolute Gasteiger partial charge is 0.317 e. The van der Waals surface area contributed by atoms with E-state index in [4.69, 9.17) is 0 Å². The number of nitrogens with zero attached hydrogens (tertiary/aromatic N) is 2. The molecule has 2 amide bonds. The Balaban J connectivity index is 1.53. The van der Waals surface area contributed by atoms with Crippen LogP contribution in [0.2, 0.25) is 0 Å². The molecule has 0 bridgehead atoms. The van der Waals surface area contributed by atoms with Gasteiger partial charge < -0.3 is 15.3 Å². The van der Waals surface area contributed by atoms with E-state index in [2.05, 4.69) is 34.5 Å². The van der Waals surface area contributed by atoms with Crippen LogP contribution < -0.4 is 5.32 Å². The van der Waals surface area contributed by atoms with Crippen LogP contribution in [0, 0.1) is 0 Å². The van der Waals surface area contributed by atoms with Crippen molar-refractivity contribution < 1.29 is 9.90 Å². The highest BCUT2D eigenvalue weighted by atomic mass is 16.3. The van der Waals surface area contributed by atoms with Gasteiger partial charge in [0.1, 0.15) is 0 Å². The maximum Gasteiger partial charge on any atom is 0.317 e. The molecular weight excluding hydrogens is 302 g/mol. The molecule has 2 unspecified atom stereocenters. The summed E-state index contributed by atoms with van der Waals surface area (Å²) in [6.07, 6.45) is 5.50. The summed E-state index contributed by atoms with van der Waals surface area (Å²) >= 11 is 0. The van der Waals surface area contributed by atoms with Gasteiger partial charge in [-0.1, -0.05) is 36.8 Å². The summed E-state index contributed by atoms with van der Waals surface area (Å²) in [4.78, 5) is 16.7. The second-order valence-electron chi connectivity index (χ2n) is 6.96. The Bertz CT molecular complexity index is 523. The first-order valence-electron chi connectivity index (χ1n) is 9.21. The molecule has 5 heteroatoms. The van der Waals surface area contributed by atoms with E-state index in [0.29, 0.717) is 12.6 Å². The lowest BCUT2D eigenvalue weighted by Crippen LogP contribution is -2.50. The van der Waals surface area contributed by atoms with Gasteiger partial charge in [-0.15, -0.1) is 0 Å². The van der Waals surface area contributed by atoms with Crippen molar-refractivity contribution in [3.05, 3.63) is 35.9 Å². The predicted octanol–water partition coefficient (Wildman–Crippen LogP) is 2.21. The number of hydrogen-bond donors (Lipinski definition) is 2. The molecule has 132 valence electrons. The highest BCUT2D eigenvalue weighted by molar-refractivity contribution is 5.74. The lowest BCUT2D eigenvalue weighted by atomic mass is 10.0. The van der Waals surface area contributed by atoms with Gasteiger partial charge in [-0.3, -0.25) is 4.90 Å². The third-order valence-corrected chi connectivity index (χ3v) is 5.32. The van der Waals surface area contributed by atoms with E-state index in [-0.39, 0.29) is 18.7 Å². The topological polar surface area (TPSA) is 55.8 Å². The molecule has 1 aromatic carbocycles. The van der Waals surface area contributed by atoms with Crippen LogP contribution in [0.15, 0.2) is 30.3 Å². The van der Waals surface area contributed by atoms with Crippen LogP contribution in [-0.2, 0) is 6.54 Å². The Morgan fingerprint density at radius 2 is 1.88 bits per heavy atom. The average molecular weight is 331 g/mol. The van der Waals surface area contributed by atoms with Crippen LogP contribution in [0.25, 0.3) is 0 Å². The number of piperidine rings is 1. The second kappa shape index (κ2) is 8.49. The zero-order valence-corrected chi connectivity index (χ0v) is 14.4. The van der Waals surface area contributed by atoms with Gasteiger partial charge in [-0.25, -0.2) is 4.79 Å². The highest BCUT2D eigenvalue weighted by Gasteiger charge is 2.29. The summed E-state index contributed by atoms with van der Waals surface area (Å²) < 4.78 is 0. The van der Waals surface area contributed by atoms with Gasteiger partial charge >= 0.3 is 6.03 Å². The van der Waals surface area contributed by atoms with Gasteiger partial charge in [0.05, 0.1) is 12.6 Å². The summed E-state index contributed by atoms with van der Waals surface area (Å²) in [7, 11) is 0. The standard InChI is InChI=1S/C19H29N3O2/c23-15-18-10-6-12-22(18)19(24)20-13-17-9-4-5-11-21(17)14-16-7-2-1-3-8-16/h1-3,7-8,17-18,23H,4-6,9-15H2,(H,20,24). The van der Waals surface area contributed by atoms with E-state index in [0.717, 1.165) is 38.9 Å². The Kier molecular flexibility index (Phi) is 6.10. The van der Waals surface area contributed by atoms with Crippen molar-refractivity contribution >= 4 is 6.03 Å². The zero-order chi connectivity index (χ0) is 16.8. The average Bonchev–Trinajstić information content (AvgIpc) is 3.10. The number of carbonyl (C=O) groups is 1. The largest absolute Gasteiger partial charge is 0.394 e. The number of urea groups is 1. The van der Waals surface area contributed by atoms with E-state index in [1.165, 1.54) is 18.4 Å². The molecule has 1 aromatic rings. The minimum atomic E-state index is -0.0169. The number of carbonyl (C=O) groups excluding carboxylic acids is 1. The number of aliphatic hydroxyl groups excluding tert-OH is 1. The number of hydrogen-bond acceptors (Lipinski definition) is 3. The van der Waals surface area contributed by atoms with Crippen molar-refractivity contribution in [3.8, 4) is 0 Å². The quantitative estimate of drug-likeness (QED) is 0.870. The summed E-state index contributed by atoms with van der Waals surface area (Å²) in [6, 6.07) is 10.9. The van der Waals surface area contributed by atoms with Gasteiger partial charge in [-0.05, 0) is 37.8 Å². The molecule has 2 fully saturated rings. The normalized spacial score (nSPS) is 25.0. The van der Waals surface area contributed by atoms with E-state index >= 15 is 0 Å². The SMILES string of the molecule is O=C(NCC1CCCCN1Cc1ccccc1)N1CCCC1CO. The van der Waals surface area contributed by atoms with Crippen LogP contribution >= 0.6 is 0 Å². The number of aliphatic hydroxyl groups is 1. The molecule has 3 rings (SSSR count). The van der Waals surface area contributed by atoms with Crippen molar-refractivity contribution in [2.45, 2.75) is 50.7 Å². The summed E-state index contributed by atoms with van der Waals surface area (Å²) in [5.74, 6) is 0. The van der Waals surface area contributed by atoms with Crippen LogP contribution in [0.5, 0.6) is 0 Å². The Hall–Kier alpha value is -1.59. The van der Waals surface area contributed by atoms with Crippen molar-refractivity contribution in [3.63, 3.8) is 0 Å². The molecule has 2 N–H and O–H groups in total. The molecule has 2 saturated heterocycles. The molecule has 0 saturated carbocycles. The first-order chi connectivity index (χ1) is 11.8. The number of likely N-dealkylation sites (tertiary alicyclic amines) is 2. The zero-order valence-electron chi connectivity index (χ0n) is 14.4. The molecule has 5 nitrogen and oxygen atoms in total. The number of amides is 2. The Labute approximate surface area is 144 Å². The third-order valence-electron chi connectivity index (χ3n) is 5.32. The molecule has 0 spiro atoms. The van der Waals surface area contributed by atoms with E-state index < -0.39 is 0 Å². The lowest BCUT2D eigenvalue weighted by molar-refractivity contribution is 0.129. The minimum absolute atomic E-state index is 0.00298. The molecule has 2 aliphatic heterocycles. The Morgan fingerprint density at radius 1 is 1.08 bits per heavy atom. The first-order valence-corrected chi connectivity index (χ1v) is 9.21. The molecule has 0 aromatic heterocycles. The molecule has 0 aliphatic carbocycles. The molecule has 2 atom stereocenters. The summed E-state index contributed by atoms with van der Waals surface area (Å²) in [5.41, 5.74) is 1.33. The number of nitrogens with one attached hydrogen (secondary N) is 1. The van der Waals surface area contributed by atoms with Crippen molar-refractivity contribution in [2.24, 2.45) is 0 Å². The van der Waals surface area contributed by atoms with Crippen molar-refractivity contribution in [1.29, 1.82) is 0 Å². The van der Waals surface area contributed by atoms with Crippen LogP contribution in [0.3, 0.4) is 0 Å². The van der Waals surface area contributed by atoms with E-state index in [1.54, 1.807) is 4.90 Å². The summed E-state index contributed by atoms with van der Waals surface area (Å²) in [6.45, 7) is 3.56. The van der Waals surface area contributed by atoms with Gasteiger partial charge in [0.2, 0.25) is 0 Å². The van der Waals surface area contributed by atoms with Gasteiger partial charge in [0, 0.05) is 25.7 Å². The highest BCUT2D eigenvalue weighted by Crippen LogP contribution is 2.20.